The molecule has 1 unspecified atom stereocenters. The Kier molecular flexibility index (Phi) is 1.32. The largest absolute Gasteiger partial charge is 0.637 e. The molecule has 0 bridgehead atoms. The summed E-state index contributed by atoms with van der Waals surface area (Å²) >= 11 is 0. The summed E-state index contributed by atoms with van der Waals surface area (Å²) < 4.78 is 9.29. The molecule has 4 heteroatoms. The zero-order valence-corrected chi connectivity index (χ0v) is 4.13. The average molecular weight is 102 g/mol. The summed E-state index contributed by atoms with van der Waals surface area (Å²) in [5.74, 6) is 0. The maximum atomic E-state index is 8.46. The highest BCUT2D eigenvalue weighted by atomic mass is 16.7. The van der Waals surface area contributed by atoms with Crippen molar-refractivity contribution >= 4 is 7.32 Å². The molecule has 0 aromatic carbocycles. The first-order valence-corrected chi connectivity index (χ1v) is 2.24. The molecule has 40 valence electrons. The van der Waals surface area contributed by atoms with Gasteiger partial charge in [0.1, 0.15) is 0 Å². The van der Waals surface area contributed by atoms with Crippen LogP contribution in [0, 0.1) is 0 Å². The van der Waals surface area contributed by atoms with E-state index in [1.165, 1.54) is 0 Å². The van der Waals surface area contributed by atoms with Gasteiger partial charge in [0, 0.05) is 0 Å². The van der Waals surface area contributed by atoms with Crippen LogP contribution in [0.1, 0.15) is 6.92 Å². The molecule has 1 atom stereocenters. The van der Waals surface area contributed by atoms with Crippen molar-refractivity contribution in [3.05, 3.63) is 0 Å². The van der Waals surface area contributed by atoms with E-state index in [4.69, 9.17) is 9.68 Å². The molecular weight excluding hydrogens is 94.8 g/mol. The lowest BCUT2D eigenvalue weighted by Gasteiger charge is -1.93. The first kappa shape index (κ1) is 5.09. The fraction of sp³-hybridized carbons (Fsp3) is 1.00. The van der Waals surface area contributed by atoms with E-state index >= 15 is 0 Å². The van der Waals surface area contributed by atoms with Crippen LogP contribution in [0.2, 0.25) is 0 Å². The van der Waals surface area contributed by atoms with E-state index in [9.17, 15) is 0 Å². The third-order valence-corrected chi connectivity index (χ3v) is 0.822. The molecule has 1 aliphatic rings. The monoisotopic (exact) mass is 102 g/mol. The Morgan fingerprint density at radius 3 is 2.71 bits per heavy atom. The topological polar surface area (TPSA) is 38.7 Å². The fourth-order valence-corrected chi connectivity index (χ4v) is 0.495. The van der Waals surface area contributed by atoms with E-state index in [1.807, 2.05) is 6.92 Å². The maximum absolute atomic E-state index is 8.46. The van der Waals surface area contributed by atoms with Crippen LogP contribution < -0.4 is 0 Å². The zero-order valence-electron chi connectivity index (χ0n) is 4.13. The predicted octanol–water partition coefficient (Wildman–Crippen LogP) is -0.601. The van der Waals surface area contributed by atoms with Gasteiger partial charge in [0.25, 0.3) is 0 Å². The molecule has 0 saturated carbocycles. The van der Waals surface area contributed by atoms with E-state index in [0.717, 1.165) is 0 Å². The van der Waals surface area contributed by atoms with Crippen LogP contribution >= 0.6 is 0 Å². The van der Waals surface area contributed by atoms with Gasteiger partial charge < -0.3 is 14.3 Å². The van der Waals surface area contributed by atoms with E-state index < -0.39 is 7.32 Å². The number of hydrogen-bond donors (Lipinski definition) is 1. The molecule has 1 N–H and O–H groups in total. The number of hydrogen-bond acceptors (Lipinski definition) is 3. The quantitative estimate of drug-likeness (QED) is 0.415. The van der Waals surface area contributed by atoms with Crippen LogP contribution in [-0.4, -0.2) is 25.1 Å². The van der Waals surface area contributed by atoms with E-state index in [2.05, 4.69) is 4.65 Å². The molecule has 3 nitrogen and oxygen atoms in total. The molecule has 1 saturated heterocycles. The zero-order chi connectivity index (χ0) is 5.28. The van der Waals surface area contributed by atoms with Crippen LogP contribution in [0.5, 0.6) is 0 Å². The van der Waals surface area contributed by atoms with Crippen molar-refractivity contribution in [2.75, 3.05) is 6.61 Å². The fourth-order valence-electron chi connectivity index (χ4n) is 0.495. The SMILES string of the molecule is CC1COB(O)O1. The van der Waals surface area contributed by atoms with Crippen LogP contribution in [0.4, 0.5) is 0 Å². The van der Waals surface area contributed by atoms with Crippen molar-refractivity contribution in [1.82, 2.24) is 0 Å². The van der Waals surface area contributed by atoms with Crippen molar-refractivity contribution in [3.63, 3.8) is 0 Å². The van der Waals surface area contributed by atoms with Gasteiger partial charge in [0.15, 0.2) is 0 Å². The Hall–Kier alpha value is -0.0551. The van der Waals surface area contributed by atoms with Crippen molar-refractivity contribution in [1.29, 1.82) is 0 Å². The molecule has 0 aromatic heterocycles. The van der Waals surface area contributed by atoms with Crippen molar-refractivity contribution in [3.8, 4) is 0 Å². The van der Waals surface area contributed by atoms with Crippen LogP contribution in [-0.2, 0) is 9.31 Å². The Morgan fingerprint density at radius 2 is 2.57 bits per heavy atom. The van der Waals surface area contributed by atoms with Gasteiger partial charge in [-0.3, -0.25) is 0 Å². The van der Waals surface area contributed by atoms with Crippen molar-refractivity contribution in [2.45, 2.75) is 13.0 Å². The summed E-state index contributed by atoms with van der Waals surface area (Å²) in [6.45, 7) is 2.34. The summed E-state index contributed by atoms with van der Waals surface area (Å²) in [6, 6.07) is 0. The van der Waals surface area contributed by atoms with Gasteiger partial charge in [-0.05, 0) is 6.92 Å². The Labute approximate surface area is 42.4 Å². The van der Waals surface area contributed by atoms with Gasteiger partial charge in [0.05, 0.1) is 12.7 Å². The lowest BCUT2D eigenvalue weighted by Crippen LogP contribution is -2.13. The summed E-state index contributed by atoms with van der Waals surface area (Å²) in [6.07, 6.45) is 0.0509. The normalized spacial score (nSPS) is 31.7. The summed E-state index contributed by atoms with van der Waals surface area (Å²) in [5.41, 5.74) is 0. The maximum Gasteiger partial charge on any atom is 0.637 e. The molecule has 0 amide bonds. The molecule has 0 aliphatic carbocycles. The van der Waals surface area contributed by atoms with E-state index in [0.29, 0.717) is 6.61 Å². The first-order chi connectivity index (χ1) is 3.29. The Morgan fingerprint density at radius 1 is 1.86 bits per heavy atom. The average Bonchev–Trinajstić information content (AvgIpc) is 1.87. The highest BCUT2D eigenvalue weighted by Crippen LogP contribution is 2.02. The van der Waals surface area contributed by atoms with Crippen LogP contribution in [0.15, 0.2) is 0 Å². The lowest BCUT2D eigenvalue weighted by atomic mass is 10.3. The van der Waals surface area contributed by atoms with Crippen molar-refractivity contribution in [2.24, 2.45) is 0 Å². The molecule has 0 radical (unpaired) electrons. The molecule has 1 rings (SSSR count). The first-order valence-electron chi connectivity index (χ1n) is 2.24. The Bertz CT molecular complexity index is 59.2. The second kappa shape index (κ2) is 1.82. The summed E-state index contributed by atoms with van der Waals surface area (Å²) in [5, 5.41) is 8.46. The minimum absolute atomic E-state index is 0.0509. The highest BCUT2D eigenvalue weighted by molar-refractivity contribution is 6.35. The molecule has 0 spiro atoms. The minimum Gasteiger partial charge on any atom is -0.402 e. The standard InChI is InChI=1S/C3H7BO3/c1-3-2-6-4(5)7-3/h3,5H,2H2,1H3. The molecule has 1 fully saturated rings. The van der Waals surface area contributed by atoms with Gasteiger partial charge in [-0.25, -0.2) is 0 Å². The van der Waals surface area contributed by atoms with Crippen LogP contribution in [0.3, 0.4) is 0 Å². The van der Waals surface area contributed by atoms with Crippen molar-refractivity contribution < 1.29 is 14.3 Å². The third-order valence-electron chi connectivity index (χ3n) is 0.822. The second-order valence-corrected chi connectivity index (χ2v) is 1.59. The number of rotatable bonds is 0. The van der Waals surface area contributed by atoms with Gasteiger partial charge in [-0.2, -0.15) is 0 Å². The highest BCUT2D eigenvalue weighted by Gasteiger charge is 2.26. The minimum atomic E-state index is -0.977. The predicted molar refractivity (Wildman–Crippen MR) is 24.5 cm³/mol. The van der Waals surface area contributed by atoms with Gasteiger partial charge in [-0.15, -0.1) is 0 Å². The molecule has 7 heavy (non-hydrogen) atoms. The third kappa shape index (κ3) is 1.16. The van der Waals surface area contributed by atoms with Crippen LogP contribution in [0.25, 0.3) is 0 Å². The molecule has 1 aliphatic heterocycles. The summed E-state index contributed by atoms with van der Waals surface area (Å²) in [7, 11) is -0.977. The molecule has 1 heterocycles. The summed E-state index contributed by atoms with van der Waals surface area (Å²) in [4.78, 5) is 0. The Balaban J connectivity index is 2.26. The van der Waals surface area contributed by atoms with Gasteiger partial charge >= 0.3 is 7.32 Å². The smallest absolute Gasteiger partial charge is 0.402 e. The molecule has 0 aromatic rings. The second-order valence-electron chi connectivity index (χ2n) is 1.59. The molecular formula is C3H7BO3. The lowest BCUT2D eigenvalue weighted by molar-refractivity contribution is 0.225. The van der Waals surface area contributed by atoms with E-state index in [-0.39, 0.29) is 6.10 Å². The van der Waals surface area contributed by atoms with E-state index in [1.54, 1.807) is 0 Å². The van der Waals surface area contributed by atoms with Gasteiger partial charge in [-0.1, -0.05) is 0 Å². The van der Waals surface area contributed by atoms with Gasteiger partial charge in [0.2, 0.25) is 0 Å².